The van der Waals surface area contributed by atoms with Crippen LogP contribution in [0.5, 0.6) is 11.5 Å². The minimum atomic E-state index is -0.470. The number of ether oxygens (including phenoxy) is 2. The number of halogens is 3. The van der Waals surface area contributed by atoms with Gasteiger partial charge in [0, 0.05) is 22.5 Å². The number of anilines is 2. The zero-order chi connectivity index (χ0) is 19.5. The molecule has 1 aliphatic rings. The Morgan fingerprint density at radius 3 is 2.71 bits per heavy atom. The van der Waals surface area contributed by atoms with E-state index in [1.54, 1.807) is 6.07 Å². The molecule has 1 saturated carbocycles. The Morgan fingerprint density at radius 1 is 1.14 bits per heavy atom. The van der Waals surface area contributed by atoms with Crippen molar-refractivity contribution in [1.29, 1.82) is 0 Å². The van der Waals surface area contributed by atoms with E-state index in [1.807, 2.05) is 12.1 Å². The molecule has 1 heterocycles. The lowest BCUT2D eigenvalue weighted by Gasteiger charge is -2.15. The zero-order valence-corrected chi connectivity index (χ0v) is 17.3. The highest BCUT2D eigenvalue weighted by Gasteiger charge is 2.23. The van der Waals surface area contributed by atoms with E-state index >= 15 is 0 Å². The summed E-state index contributed by atoms with van der Waals surface area (Å²) in [6, 6.07) is 8.16. The van der Waals surface area contributed by atoms with Gasteiger partial charge in [0.25, 0.3) is 0 Å². The highest BCUT2D eigenvalue weighted by molar-refractivity contribution is 9.09. The van der Waals surface area contributed by atoms with Crippen LogP contribution in [0.4, 0.5) is 15.9 Å². The lowest BCUT2D eigenvalue weighted by Crippen LogP contribution is -2.05. The number of hydrogen-bond donors (Lipinski definition) is 1. The van der Waals surface area contributed by atoms with Gasteiger partial charge < -0.3 is 14.8 Å². The van der Waals surface area contributed by atoms with Crippen LogP contribution in [0.3, 0.4) is 0 Å². The molecule has 0 radical (unpaired) electrons. The van der Waals surface area contributed by atoms with Gasteiger partial charge >= 0.3 is 0 Å². The summed E-state index contributed by atoms with van der Waals surface area (Å²) in [4.78, 5) is 8.68. The molecule has 1 N–H and O–H groups in total. The van der Waals surface area contributed by atoms with Crippen molar-refractivity contribution in [2.24, 2.45) is 5.92 Å². The van der Waals surface area contributed by atoms with Gasteiger partial charge in [-0.15, -0.1) is 0 Å². The van der Waals surface area contributed by atoms with Crippen molar-refractivity contribution in [3.05, 3.63) is 47.5 Å². The molecule has 0 atom stereocenters. The highest BCUT2D eigenvalue weighted by Crippen LogP contribution is 2.37. The molecule has 0 aliphatic heterocycles. The van der Waals surface area contributed by atoms with Crippen LogP contribution >= 0.6 is 27.5 Å². The smallest absolute Gasteiger partial charge is 0.163 e. The maximum Gasteiger partial charge on any atom is 0.163 e. The van der Waals surface area contributed by atoms with Crippen molar-refractivity contribution in [3.63, 3.8) is 0 Å². The summed E-state index contributed by atoms with van der Waals surface area (Å²) in [5, 5.41) is 4.69. The molecule has 0 spiro atoms. The van der Waals surface area contributed by atoms with Crippen LogP contribution in [-0.2, 0) is 0 Å². The van der Waals surface area contributed by atoms with Crippen molar-refractivity contribution in [2.45, 2.75) is 12.8 Å². The van der Waals surface area contributed by atoms with E-state index < -0.39 is 5.82 Å². The Balaban J connectivity index is 1.69. The lowest BCUT2D eigenvalue weighted by molar-refractivity contribution is 0.268. The molecule has 0 bridgehead atoms. The second-order valence-corrected chi connectivity index (χ2v) is 7.78. The van der Waals surface area contributed by atoms with E-state index in [1.165, 1.54) is 31.3 Å². The summed E-state index contributed by atoms with van der Waals surface area (Å²) in [6.07, 6.45) is 3.89. The maximum absolute atomic E-state index is 13.4. The third kappa shape index (κ3) is 4.47. The molecule has 8 heteroatoms. The van der Waals surface area contributed by atoms with Crippen LogP contribution in [0.2, 0.25) is 5.02 Å². The Labute approximate surface area is 175 Å². The van der Waals surface area contributed by atoms with Gasteiger partial charge in [0.2, 0.25) is 0 Å². The minimum absolute atomic E-state index is 0.0421. The van der Waals surface area contributed by atoms with Gasteiger partial charge in [-0.3, -0.25) is 0 Å². The molecule has 3 aromatic rings. The van der Waals surface area contributed by atoms with E-state index in [2.05, 4.69) is 31.2 Å². The van der Waals surface area contributed by atoms with E-state index in [0.29, 0.717) is 47.5 Å². The first kappa shape index (κ1) is 19.2. The summed E-state index contributed by atoms with van der Waals surface area (Å²) in [5.41, 5.74) is 1.35. The van der Waals surface area contributed by atoms with Crippen molar-refractivity contribution in [2.75, 3.05) is 23.9 Å². The Hall–Kier alpha value is -2.12. The molecule has 2 aromatic carbocycles. The van der Waals surface area contributed by atoms with Gasteiger partial charge in [-0.1, -0.05) is 27.5 Å². The fourth-order valence-electron chi connectivity index (χ4n) is 2.74. The predicted octanol–water partition coefficient (Wildman–Crippen LogP) is 5.73. The monoisotopic (exact) mass is 465 g/mol. The van der Waals surface area contributed by atoms with Gasteiger partial charge in [-0.2, -0.15) is 0 Å². The third-order valence-corrected chi connectivity index (χ3v) is 5.00. The second kappa shape index (κ2) is 8.49. The first-order chi connectivity index (χ1) is 13.6. The Bertz CT molecular complexity index is 1000. The first-order valence-electron chi connectivity index (χ1n) is 8.96. The number of hydrogen-bond acceptors (Lipinski definition) is 5. The van der Waals surface area contributed by atoms with E-state index in [0.717, 1.165) is 10.9 Å². The quantitative estimate of drug-likeness (QED) is 0.430. The summed E-state index contributed by atoms with van der Waals surface area (Å²) in [7, 11) is 0. The molecule has 0 unspecified atom stereocenters. The summed E-state index contributed by atoms with van der Waals surface area (Å²) in [6.45, 7) is 1.19. The molecule has 4 rings (SSSR count). The molecule has 146 valence electrons. The average molecular weight is 467 g/mol. The van der Waals surface area contributed by atoms with Gasteiger partial charge in [-0.05, 0) is 43.0 Å². The number of alkyl halides is 1. The van der Waals surface area contributed by atoms with Crippen molar-refractivity contribution < 1.29 is 13.9 Å². The molecule has 1 aromatic heterocycles. The van der Waals surface area contributed by atoms with Crippen molar-refractivity contribution in [1.82, 2.24) is 9.97 Å². The van der Waals surface area contributed by atoms with E-state index in [4.69, 9.17) is 21.1 Å². The fraction of sp³-hybridized carbons (Fsp3) is 0.300. The predicted molar refractivity (Wildman–Crippen MR) is 112 cm³/mol. The molecule has 28 heavy (non-hydrogen) atoms. The topological polar surface area (TPSA) is 56.3 Å². The van der Waals surface area contributed by atoms with E-state index in [9.17, 15) is 4.39 Å². The first-order valence-corrected chi connectivity index (χ1v) is 10.5. The van der Waals surface area contributed by atoms with Crippen molar-refractivity contribution >= 4 is 49.9 Å². The zero-order valence-electron chi connectivity index (χ0n) is 14.9. The summed E-state index contributed by atoms with van der Waals surface area (Å²) >= 11 is 9.26. The molecule has 1 fully saturated rings. The fourth-order valence-corrected chi connectivity index (χ4v) is 3.08. The third-order valence-electron chi connectivity index (χ3n) is 4.39. The molecule has 0 saturated heterocycles. The van der Waals surface area contributed by atoms with Crippen LogP contribution in [0.15, 0.2) is 36.7 Å². The van der Waals surface area contributed by atoms with Gasteiger partial charge in [0.15, 0.2) is 11.5 Å². The normalized spacial score (nSPS) is 13.5. The minimum Gasteiger partial charge on any atom is -0.489 e. The average Bonchev–Trinajstić information content (AvgIpc) is 3.52. The lowest BCUT2D eigenvalue weighted by atomic mass is 10.2. The van der Waals surface area contributed by atoms with Crippen LogP contribution < -0.4 is 14.8 Å². The SMILES string of the molecule is Fc1ccc(Nc2ncnc3cc(OCC4CC4)c(OCCBr)cc23)cc1Cl. The van der Waals surface area contributed by atoms with Gasteiger partial charge in [0.1, 0.15) is 18.0 Å². The van der Waals surface area contributed by atoms with Crippen molar-refractivity contribution in [3.8, 4) is 11.5 Å². The Kier molecular flexibility index (Phi) is 5.82. The largest absolute Gasteiger partial charge is 0.489 e. The number of nitrogens with one attached hydrogen (secondary N) is 1. The number of aromatic nitrogens is 2. The number of rotatable bonds is 8. The number of benzene rings is 2. The maximum atomic E-state index is 13.4. The van der Waals surface area contributed by atoms with Gasteiger partial charge in [-0.25, -0.2) is 14.4 Å². The summed E-state index contributed by atoms with van der Waals surface area (Å²) in [5.74, 6) is 2.05. The van der Waals surface area contributed by atoms with Crippen LogP contribution in [0.1, 0.15) is 12.8 Å². The van der Waals surface area contributed by atoms with E-state index in [-0.39, 0.29) is 5.02 Å². The van der Waals surface area contributed by atoms with Crippen LogP contribution in [0, 0.1) is 11.7 Å². The Morgan fingerprint density at radius 2 is 1.96 bits per heavy atom. The van der Waals surface area contributed by atoms with Gasteiger partial charge in [0.05, 0.1) is 23.8 Å². The summed E-state index contributed by atoms with van der Waals surface area (Å²) < 4.78 is 25.3. The molecular weight excluding hydrogens is 449 g/mol. The molecular formula is C20H18BrClFN3O2. The highest BCUT2D eigenvalue weighted by atomic mass is 79.9. The van der Waals surface area contributed by atoms with Crippen LogP contribution in [-0.4, -0.2) is 28.5 Å². The molecule has 5 nitrogen and oxygen atoms in total. The standard InChI is InChI=1S/C20H18BrClFN3O2/c21-5-6-27-18-8-14-17(9-19(18)28-10-12-1-2-12)24-11-25-20(14)26-13-3-4-16(23)15(22)7-13/h3-4,7-9,11-12H,1-2,5-6,10H2,(H,24,25,26). The molecule has 0 amide bonds. The van der Waals surface area contributed by atoms with Crippen LogP contribution in [0.25, 0.3) is 10.9 Å². The number of fused-ring (bicyclic) bond motifs is 1. The second-order valence-electron chi connectivity index (χ2n) is 6.58. The number of nitrogens with zero attached hydrogens (tertiary/aromatic N) is 2. The molecule has 1 aliphatic carbocycles.